The summed E-state index contributed by atoms with van der Waals surface area (Å²) in [6.07, 6.45) is 0.738. The number of carbonyl (C=O) groups excluding carboxylic acids is 2. The fourth-order valence-electron chi connectivity index (χ4n) is 3.81. The van der Waals surface area contributed by atoms with Gasteiger partial charge in [0, 0.05) is 17.6 Å². The van der Waals surface area contributed by atoms with Crippen molar-refractivity contribution in [3.05, 3.63) is 95.0 Å². The first kappa shape index (κ1) is 29.2. The summed E-state index contributed by atoms with van der Waals surface area (Å²) in [5.74, 6) is -0.823. The van der Waals surface area contributed by atoms with Crippen LogP contribution in [-0.4, -0.2) is 43.8 Å². The second-order valence-electron chi connectivity index (χ2n) is 9.26. The second-order valence-corrected chi connectivity index (χ2v) is 11.5. The number of nitrogens with zero attached hydrogens (tertiary/aromatic N) is 2. The zero-order chi connectivity index (χ0) is 27.9. The summed E-state index contributed by atoms with van der Waals surface area (Å²) < 4.78 is 28.6. The van der Waals surface area contributed by atoms with Crippen molar-refractivity contribution < 1.29 is 18.0 Å². The third kappa shape index (κ3) is 7.14. The SMILES string of the molecule is CC[C@@H](C)NC(=O)[C@H](C)N(Cc1ccccc1)C(=O)CN(c1ccc(C)c(Cl)c1)S(=O)(=O)c1ccccc1. The molecule has 0 aliphatic heterocycles. The maximum Gasteiger partial charge on any atom is 0.264 e. The van der Waals surface area contributed by atoms with E-state index in [0.717, 1.165) is 21.9 Å². The lowest BCUT2D eigenvalue weighted by molar-refractivity contribution is -0.139. The van der Waals surface area contributed by atoms with Crippen LogP contribution < -0.4 is 9.62 Å². The maximum absolute atomic E-state index is 13.9. The summed E-state index contributed by atoms with van der Waals surface area (Å²) in [7, 11) is -4.13. The molecule has 202 valence electrons. The smallest absolute Gasteiger partial charge is 0.264 e. The number of hydrogen-bond donors (Lipinski definition) is 1. The molecule has 0 heterocycles. The number of anilines is 1. The van der Waals surface area contributed by atoms with Crippen LogP contribution >= 0.6 is 11.6 Å². The molecule has 0 aromatic heterocycles. The van der Waals surface area contributed by atoms with Gasteiger partial charge in [-0.25, -0.2) is 8.42 Å². The second kappa shape index (κ2) is 12.9. The highest BCUT2D eigenvalue weighted by molar-refractivity contribution is 7.92. The normalized spacial score (nSPS) is 12.9. The van der Waals surface area contributed by atoms with Gasteiger partial charge in [-0.05, 0) is 62.6 Å². The molecule has 0 spiro atoms. The Morgan fingerprint density at radius 3 is 2.13 bits per heavy atom. The van der Waals surface area contributed by atoms with Crippen LogP contribution in [0.25, 0.3) is 0 Å². The molecule has 3 aromatic rings. The molecule has 0 radical (unpaired) electrons. The summed E-state index contributed by atoms with van der Waals surface area (Å²) in [4.78, 5) is 28.4. The average Bonchev–Trinajstić information content (AvgIpc) is 2.92. The molecule has 2 atom stereocenters. The number of carbonyl (C=O) groups is 2. The van der Waals surface area contributed by atoms with E-state index in [4.69, 9.17) is 11.6 Å². The summed E-state index contributed by atoms with van der Waals surface area (Å²) in [5.41, 5.74) is 1.86. The molecule has 0 aliphatic rings. The Kier molecular flexibility index (Phi) is 9.94. The third-order valence-electron chi connectivity index (χ3n) is 6.42. The minimum atomic E-state index is -4.13. The Bertz CT molecular complexity index is 1350. The van der Waals surface area contributed by atoms with Crippen molar-refractivity contribution >= 4 is 39.1 Å². The van der Waals surface area contributed by atoms with Gasteiger partial charge in [-0.15, -0.1) is 0 Å². The first-order valence-electron chi connectivity index (χ1n) is 12.5. The molecular formula is C29H34ClN3O4S. The van der Waals surface area contributed by atoms with E-state index in [0.29, 0.717) is 5.02 Å². The molecule has 0 saturated carbocycles. The molecular weight excluding hydrogens is 522 g/mol. The number of hydrogen-bond acceptors (Lipinski definition) is 4. The number of amides is 2. The molecule has 3 rings (SSSR count). The average molecular weight is 556 g/mol. The van der Waals surface area contributed by atoms with Crippen molar-refractivity contribution in [1.82, 2.24) is 10.2 Å². The molecule has 0 aliphatic carbocycles. The van der Waals surface area contributed by atoms with E-state index in [-0.39, 0.29) is 29.1 Å². The summed E-state index contributed by atoms with van der Waals surface area (Å²) in [6, 6.07) is 21.2. The molecule has 1 N–H and O–H groups in total. The third-order valence-corrected chi connectivity index (χ3v) is 8.61. The van der Waals surface area contributed by atoms with Crippen molar-refractivity contribution in [2.75, 3.05) is 10.8 Å². The van der Waals surface area contributed by atoms with Crippen LogP contribution in [0, 0.1) is 6.92 Å². The van der Waals surface area contributed by atoms with E-state index in [9.17, 15) is 18.0 Å². The Balaban J connectivity index is 2.02. The van der Waals surface area contributed by atoms with Gasteiger partial charge >= 0.3 is 0 Å². The maximum atomic E-state index is 13.9. The molecule has 38 heavy (non-hydrogen) atoms. The molecule has 0 bridgehead atoms. The summed E-state index contributed by atoms with van der Waals surface area (Å²) >= 11 is 6.34. The lowest BCUT2D eigenvalue weighted by Gasteiger charge is -2.32. The summed E-state index contributed by atoms with van der Waals surface area (Å²) in [5, 5.41) is 3.30. The quantitative estimate of drug-likeness (QED) is 0.353. The van der Waals surface area contributed by atoms with Crippen molar-refractivity contribution in [2.24, 2.45) is 0 Å². The Hall–Kier alpha value is -3.36. The summed E-state index contributed by atoms with van der Waals surface area (Å²) in [6.45, 7) is 6.95. The van der Waals surface area contributed by atoms with E-state index in [2.05, 4.69) is 5.32 Å². The van der Waals surface area contributed by atoms with E-state index >= 15 is 0 Å². The Morgan fingerprint density at radius 2 is 1.55 bits per heavy atom. The van der Waals surface area contributed by atoms with Crippen molar-refractivity contribution in [3.8, 4) is 0 Å². The van der Waals surface area contributed by atoms with Crippen LogP contribution in [-0.2, 0) is 26.2 Å². The van der Waals surface area contributed by atoms with Gasteiger partial charge in [0.25, 0.3) is 10.0 Å². The van der Waals surface area contributed by atoms with Crippen molar-refractivity contribution in [1.29, 1.82) is 0 Å². The first-order chi connectivity index (χ1) is 18.0. The van der Waals surface area contributed by atoms with Crippen molar-refractivity contribution in [2.45, 2.75) is 57.6 Å². The lowest BCUT2D eigenvalue weighted by atomic mass is 10.1. The van der Waals surface area contributed by atoms with Crippen LogP contribution in [0.3, 0.4) is 0 Å². The highest BCUT2D eigenvalue weighted by Gasteiger charge is 2.32. The number of rotatable bonds is 11. The van der Waals surface area contributed by atoms with Gasteiger partial charge in [-0.2, -0.15) is 0 Å². The lowest BCUT2D eigenvalue weighted by Crippen LogP contribution is -2.52. The molecule has 0 unspecified atom stereocenters. The van der Waals surface area contributed by atoms with Gasteiger partial charge in [0.05, 0.1) is 10.6 Å². The number of halogens is 1. The van der Waals surface area contributed by atoms with E-state index in [1.807, 2.05) is 51.1 Å². The zero-order valence-corrected chi connectivity index (χ0v) is 23.7. The van der Waals surface area contributed by atoms with E-state index in [1.54, 1.807) is 37.3 Å². The first-order valence-corrected chi connectivity index (χ1v) is 14.3. The van der Waals surface area contributed by atoms with E-state index < -0.39 is 28.5 Å². The molecule has 2 amide bonds. The largest absolute Gasteiger partial charge is 0.352 e. The predicted molar refractivity (Wildman–Crippen MR) is 152 cm³/mol. The number of sulfonamides is 1. The Labute approximate surface area is 230 Å². The number of nitrogens with one attached hydrogen (secondary N) is 1. The topological polar surface area (TPSA) is 86.8 Å². The van der Waals surface area contributed by atoms with Crippen LogP contribution in [0.2, 0.25) is 5.02 Å². The van der Waals surface area contributed by atoms with Gasteiger partial charge in [-0.3, -0.25) is 13.9 Å². The van der Waals surface area contributed by atoms with Crippen LogP contribution in [0.4, 0.5) is 5.69 Å². The van der Waals surface area contributed by atoms with E-state index in [1.165, 1.54) is 23.1 Å². The van der Waals surface area contributed by atoms with Crippen LogP contribution in [0.1, 0.15) is 38.3 Å². The van der Waals surface area contributed by atoms with Gasteiger partial charge in [0.2, 0.25) is 11.8 Å². The van der Waals surface area contributed by atoms with Crippen LogP contribution in [0.5, 0.6) is 0 Å². The van der Waals surface area contributed by atoms with Gasteiger partial charge in [0.1, 0.15) is 12.6 Å². The fraction of sp³-hybridized carbons (Fsp3) is 0.310. The minimum absolute atomic E-state index is 0.0432. The van der Waals surface area contributed by atoms with Gasteiger partial charge in [0.15, 0.2) is 0 Å². The molecule has 0 saturated heterocycles. The van der Waals surface area contributed by atoms with Gasteiger partial charge < -0.3 is 10.2 Å². The molecule has 3 aromatic carbocycles. The monoisotopic (exact) mass is 555 g/mol. The minimum Gasteiger partial charge on any atom is -0.352 e. The standard InChI is InChI=1S/C29H34ClN3O4S/c1-5-22(3)31-29(35)23(4)32(19-24-12-8-6-9-13-24)28(34)20-33(25-17-16-21(2)27(30)18-25)38(36,37)26-14-10-7-11-15-26/h6-18,22-23H,5,19-20H2,1-4H3,(H,31,35)/t22-,23+/m1/s1. The molecule has 7 nitrogen and oxygen atoms in total. The highest BCUT2D eigenvalue weighted by Crippen LogP contribution is 2.28. The number of benzene rings is 3. The Morgan fingerprint density at radius 1 is 0.947 bits per heavy atom. The van der Waals surface area contributed by atoms with Gasteiger partial charge in [-0.1, -0.05) is 73.1 Å². The molecule has 9 heteroatoms. The predicted octanol–water partition coefficient (Wildman–Crippen LogP) is 5.18. The van der Waals surface area contributed by atoms with Crippen molar-refractivity contribution in [3.63, 3.8) is 0 Å². The molecule has 0 fully saturated rings. The fourth-order valence-corrected chi connectivity index (χ4v) is 5.42. The highest BCUT2D eigenvalue weighted by atomic mass is 35.5. The zero-order valence-electron chi connectivity index (χ0n) is 22.1. The van der Waals surface area contributed by atoms with Crippen LogP contribution in [0.15, 0.2) is 83.8 Å². The number of aryl methyl sites for hydroxylation is 1.